The molecule has 0 saturated carbocycles. The number of para-hydroxylation sites is 1. The smallest absolute Gasteiger partial charge is 0.0991 e. The predicted octanol–water partition coefficient (Wildman–Crippen LogP) is 10.2. The van der Waals surface area contributed by atoms with Gasteiger partial charge in [-0.2, -0.15) is 5.26 Å². The van der Waals surface area contributed by atoms with E-state index in [1.54, 1.807) is 12.1 Å². The summed E-state index contributed by atoms with van der Waals surface area (Å²) in [6.45, 7) is 5.25. The van der Waals surface area contributed by atoms with Crippen molar-refractivity contribution in [2.75, 3.05) is 0 Å². The second-order valence-electron chi connectivity index (χ2n) is 13.0. The average Bonchev–Trinajstić information content (AvgIpc) is 3.59. The molecule has 4 heteroatoms. The maximum Gasteiger partial charge on any atom is 0.0991 e. The van der Waals surface area contributed by atoms with E-state index in [1.807, 2.05) is 48.5 Å². The number of nitriles is 1. The van der Waals surface area contributed by atoms with E-state index in [1.165, 1.54) is 44.1 Å². The van der Waals surface area contributed by atoms with Crippen molar-refractivity contribution >= 4 is 33.2 Å². The number of allylic oxidation sites excluding steroid dienone is 1. The van der Waals surface area contributed by atoms with Crippen molar-refractivity contribution in [2.45, 2.75) is 25.8 Å². The van der Waals surface area contributed by atoms with Crippen LogP contribution in [-0.4, -0.2) is 10.3 Å². The monoisotopic (exact) mass is 618 g/mol. The molecule has 1 aromatic heterocycles. The van der Waals surface area contributed by atoms with E-state index >= 15 is 0 Å². The maximum absolute atomic E-state index is 9.37. The fourth-order valence-corrected chi connectivity index (χ4v) is 7.37. The van der Waals surface area contributed by atoms with Gasteiger partial charge >= 0.3 is 0 Å². The molecule has 0 unspecified atom stereocenters. The van der Waals surface area contributed by atoms with Gasteiger partial charge in [-0.25, -0.2) is 0 Å². The molecular weight excluding hydrogens is 585 g/mol. The standard InChI is InChI=1S/C44H34N4/c1-44(2)36-20-8-6-18-34(36)42-37(44)22-23-41-43(42)35-19-7-9-21-40(35)48(41)33-17-11-13-30(25-33)28-47-39(31-14-4-3-5-15-31)26-38(46)32-16-10-12-29(24-32)27-45/h3-26,46-47H,28H2,1-2H3/b39-26-,46-38?. The summed E-state index contributed by atoms with van der Waals surface area (Å²) >= 11 is 0. The van der Waals surface area contributed by atoms with Crippen LogP contribution in [0.5, 0.6) is 0 Å². The van der Waals surface area contributed by atoms with Crippen molar-refractivity contribution in [1.82, 2.24) is 9.88 Å². The lowest BCUT2D eigenvalue weighted by Crippen LogP contribution is -2.14. The van der Waals surface area contributed by atoms with Crippen LogP contribution in [0.4, 0.5) is 0 Å². The molecule has 7 aromatic rings. The Morgan fingerprint density at radius 2 is 1.50 bits per heavy atom. The number of hydrogen-bond donors (Lipinski definition) is 2. The third-order valence-electron chi connectivity index (χ3n) is 9.71. The fraction of sp³-hybridized carbons (Fsp3) is 0.0909. The van der Waals surface area contributed by atoms with Crippen LogP contribution in [0, 0.1) is 16.7 Å². The second kappa shape index (κ2) is 11.6. The summed E-state index contributed by atoms with van der Waals surface area (Å²) in [5.41, 5.74) is 13.4. The highest BCUT2D eigenvalue weighted by Gasteiger charge is 2.37. The minimum atomic E-state index is -0.0618. The van der Waals surface area contributed by atoms with Crippen molar-refractivity contribution in [2.24, 2.45) is 0 Å². The number of rotatable bonds is 7. The molecule has 1 heterocycles. The van der Waals surface area contributed by atoms with Crippen LogP contribution < -0.4 is 5.32 Å². The molecular formula is C44H34N4. The molecule has 0 bridgehead atoms. The number of hydrogen-bond acceptors (Lipinski definition) is 3. The molecule has 1 aliphatic rings. The largest absolute Gasteiger partial charge is 0.380 e. The highest BCUT2D eigenvalue weighted by molar-refractivity contribution is 6.18. The van der Waals surface area contributed by atoms with E-state index in [9.17, 15) is 5.26 Å². The van der Waals surface area contributed by atoms with Gasteiger partial charge in [0.1, 0.15) is 0 Å². The second-order valence-corrected chi connectivity index (χ2v) is 13.0. The highest BCUT2D eigenvalue weighted by atomic mass is 15.0. The first-order chi connectivity index (χ1) is 23.4. The Labute approximate surface area is 280 Å². The third kappa shape index (κ3) is 4.80. The summed E-state index contributed by atoms with van der Waals surface area (Å²) in [5.74, 6) is 0. The van der Waals surface area contributed by atoms with Crippen molar-refractivity contribution in [1.29, 1.82) is 10.7 Å². The maximum atomic E-state index is 9.37. The lowest BCUT2D eigenvalue weighted by molar-refractivity contribution is 0.661. The summed E-state index contributed by atoms with van der Waals surface area (Å²) in [6.07, 6.45) is 1.85. The zero-order chi connectivity index (χ0) is 32.8. The molecule has 0 atom stereocenters. The van der Waals surface area contributed by atoms with Gasteiger partial charge in [0.15, 0.2) is 0 Å². The van der Waals surface area contributed by atoms with Crippen molar-refractivity contribution in [3.8, 4) is 22.9 Å². The molecule has 0 aliphatic heterocycles. The molecule has 1 aliphatic carbocycles. The first-order valence-corrected chi connectivity index (χ1v) is 16.3. The number of fused-ring (bicyclic) bond motifs is 7. The third-order valence-corrected chi connectivity index (χ3v) is 9.71. The van der Waals surface area contributed by atoms with E-state index in [0.29, 0.717) is 23.4 Å². The molecule has 2 N–H and O–H groups in total. The van der Waals surface area contributed by atoms with Crippen LogP contribution in [0.3, 0.4) is 0 Å². The zero-order valence-corrected chi connectivity index (χ0v) is 27.0. The van der Waals surface area contributed by atoms with Gasteiger partial charge in [0.2, 0.25) is 0 Å². The summed E-state index contributed by atoms with van der Waals surface area (Å²) in [7, 11) is 0. The Balaban J connectivity index is 1.19. The van der Waals surface area contributed by atoms with E-state index in [2.05, 4.69) is 115 Å². The topological polar surface area (TPSA) is 64.6 Å². The fourth-order valence-electron chi connectivity index (χ4n) is 7.37. The van der Waals surface area contributed by atoms with E-state index in [0.717, 1.165) is 22.5 Å². The lowest BCUT2D eigenvalue weighted by atomic mass is 9.82. The van der Waals surface area contributed by atoms with Crippen LogP contribution in [0.1, 0.15) is 47.2 Å². The molecule has 0 spiro atoms. The Bertz CT molecular complexity index is 2450. The van der Waals surface area contributed by atoms with Crippen LogP contribution in [0.25, 0.3) is 44.3 Å². The zero-order valence-electron chi connectivity index (χ0n) is 27.0. The number of nitrogens with one attached hydrogen (secondary N) is 2. The van der Waals surface area contributed by atoms with Gasteiger partial charge in [0, 0.05) is 39.7 Å². The molecule has 230 valence electrons. The van der Waals surface area contributed by atoms with Crippen molar-refractivity contribution in [3.05, 3.63) is 179 Å². The first-order valence-electron chi connectivity index (χ1n) is 16.3. The van der Waals surface area contributed by atoms with Crippen LogP contribution in [0.15, 0.2) is 146 Å². The summed E-state index contributed by atoms with van der Waals surface area (Å²) in [4.78, 5) is 0. The minimum Gasteiger partial charge on any atom is -0.380 e. The Kier molecular flexibility index (Phi) is 7.04. The van der Waals surface area contributed by atoms with E-state index < -0.39 is 0 Å². The number of nitrogens with zero attached hydrogens (tertiary/aromatic N) is 2. The minimum absolute atomic E-state index is 0.0618. The Hall–Kier alpha value is -6.18. The van der Waals surface area contributed by atoms with Gasteiger partial charge in [-0.1, -0.05) is 117 Å². The molecule has 4 nitrogen and oxygen atoms in total. The predicted molar refractivity (Wildman–Crippen MR) is 198 cm³/mol. The summed E-state index contributed by atoms with van der Waals surface area (Å²) in [6, 6.07) is 50.4. The Morgan fingerprint density at radius 1 is 0.750 bits per heavy atom. The Morgan fingerprint density at radius 3 is 2.35 bits per heavy atom. The van der Waals surface area contributed by atoms with Crippen LogP contribution >= 0.6 is 0 Å². The van der Waals surface area contributed by atoms with Crippen molar-refractivity contribution < 1.29 is 0 Å². The van der Waals surface area contributed by atoms with E-state index in [4.69, 9.17) is 5.41 Å². The van der Waals surface area contributed by atoms with Gasteiger partial charge in [-0.15, -0.1) is 0 Å². The van der Waals surface area contributed by atoms with Gasteiger partial charge < -0.3 is 15.3 Å². The average molecular weight is 619 g/mol. The van der Waals surface area contributed by atoms with Crippen LogP contribution in [0.2, 0.25) is 0 Å². The highest BCUT2D eigenvalue weighted by Crippen LogP contribution is 2.53. The molecule has 8 rings (SSSR count). The molecule has 0 fully saturated rings. The first kappa shape index (κ1) is 29.2. The van der Waals surface area contributed by atoms with Gasteiger partial charge in [-0.05, 0) is 75.9 Å². The summed E-state index contributed by atoms with van der Waals surface area (Å²) < 4.78 is 2.40. The summed E-state index contributed by atoms with van der Waals surface area (Å²) in [5, 5.41) is 24.4. The quantitative estimate of drug-likeness (QED) is 0.175. The van der Waals surface area contributed by atoms with Crippen molar-refractivity contribution in [3.63, 3.8) is 0 Å². The lowest BCUT2D eigenvalue weighted by Gasteiger charge is -2.21. The van der Waals surface area contributed by atoms with Crippen LogP contribution in [-0.2, 0) is 12.0 Å². The molecule has 48 heavy (non-hydrogen) atoms. The molecule has 6 aromatic carbocycles. The normalized spacial score (nSPS) is 13.2. The number of aromatic nitrogens is 1. The van der Waals surface area contributed by atoms with Gasteiger partial charge in [-0.3, -0.25) is 0 Å². The van der Waals surface area contributed by atoms with E-state index in [-0.39, 0.29) is 5.41 Å². The van der Waals surface area contributed by atoms with Gasteiger partial charge in [0.25, 0.3) is 0 Å². The van der Waals surface area contributed by atoms with Gasteiger partial charge in [0.05, 0.1) is 28.4 Å². The molecule has 0 amide bonds. The SMILES string of the molecule is CC1(C)c2ccccc2-c2c1ccc1c2c2ccccc2n1-c1cccc(CN/C(=C\C(=N)c2cccc(C#N)c2)c2ccccc2)c1. The molecule has 0 radical (unpaired) electrons. The molecule has 0 saturated heterocycles. The number of benzene rings is 6.